The molecular weight excluding hydrogens is 335 g/mol. The molecule has 0 spiro atoms. The molecule has 4 nitrogen and oxygen atoms in total. The number of carbonyl (C=O) groups is 2. The van der Waals surface area contributed by atoms with E-state index in [1.807, 2.05) is 0 Å². The minimum absolute atomic E-state index is 0.0157. The van der Waals surface area contributed by atoms with Crippen molar-refractivity contribution in [1.82, 2.24) is 0 Å². The predicted molar refractivity (Wildman–Crippen MR) is 96.4 cm³/mol. The lowest BCUT2D eigenvalue weighted by atomic mass is 10.1. The highest BCUT2D eigenvalue weighted by Gasteiger charge is 2.11. The van der Waals surface area contributed by atoms with Crippen LogP contribution in [0.25, 0.3) is 0 Å². The van der Waals surface area contributed by atoms with Crippen molar-refractivity contribution < 1.29 is 23.5 Å². The average molecular weight is 358 g/mol. The number of esters is 2. The third-order valence-corrected chi connectivity index (χ3v) is 3.85. The van der Waals surface area contributed by atoms with Gasteiger partial charge in [0.15, 0.2) is 0 Å². The molecule has 0 heterocycles. The van der Waals surface area contributed by atoms with Crippen molar-refractivity contribution >= 4 is 11.9 Å². The van der Waals surface area contributed by atoms with Gasteiger partial charge in [-0.15, -0.1) is 0 Å². The number of hydrogen-bond acceptors (Lipinski definition) is 4. The van der Waals surface area contributed by atoms with Gasteiger partial charge in [-0.3, -0.25) is 0 Å². The lowest BCUT2D eigenvalue weighted by molar-refractivity contribution is 0.0466. The molecule has 0 aliphatic heterocycles. The zero-order chi connectivity index (χ0) is 18.8. The molecule has 0 fully saturated rings. The van der Waals surface area contributed by atoms with E-state index in [-0.39, 0.29) is 12.4 Å². The Morgan fingerprint density at radius 3 is 2.15 bits per heavy atom. The highest BCUT2D eigenvalue weighted by molar-refractivity contribution is 5.93. The molecule has 0 aliphatic rings. The van der Waals surface area contributed by atoms with Gasteiger partial charge in [0.05, 0.1) is 17.7 Å². The minimum Gasteiger partial charge on any atom is -0.462 e. The molecule has 138 valence electrons. The van der Waals surface area contributed by atoms with Crippen LogP contribution in [0.3, 0.4) is 0 Å². The fourth-order valence-electron chi connectivity index (χ4n) is 2.38. The summed E-state index contributed by atoms with van der Waals surface area (Å²) in [6, 6.07) is 12.0. The van der Waals surface area contributed by atoms with Gasteiger partial charge in [0, 0.05) is 0 Å². The maximum absolute atomic E-state index is 13.1. The lowest BCUT2D eigenvalue weighted by Gasteiger charge is -2.07. The van der Waals surface area contributed by atoms with E-state index in [2.05, 4.69) is 6.92 Å². The number of hydrogen-bond donors (Lipinski definition) is 0. The fourth-order valence-corrected chi connectivity index (χ4v) is 2.38. The molecule has 2 rings (SSSR count). The standard InChI is InChI=1S/C21H23FO4/c1-2-3-4-5-13-25-20(23)17-9-11-18(12-10-17)21(24)26-15-16-7-6-8-19(22)14-16/h6-12,14H,2-5,13,15H2,1H3. The van der Waals surface area contributed by atoms with E-state index in [4.69, 9.17) is 9.47 Å². The van der Waals surface area contributed by atoms with Gasteiger partial charge in [0.1, 0.15) is 12.4 Å². The predicted octanol–water partition coefficient (Wildman–Crippen LogP) is 4.92. The highest BCUT2D eigenvalue weighted by atomic mass is 19.1. The van der Waals surface area contributed by atoms with Gasteiger partial charge in [-0.05, 0) is 48.4 Å². The molecule has 0 saturated heterocycles. The van der Waals surface area contributed by atoms with E-state index < -0.39 is 11.9 Å². The maximum atomic E-state index is 13.1. The van der Waals surface area contributed by atoms with Crippen molar-refractivity contribution in [3.8, 4) is 0 Å². The summed E-state index contributed by atoms with van der Waals surface area (Å²) in [5, 5.41) is 0. The molecule has 2 aromatic rings. The SMILES string of the molecule is CCCCCCOC(=O)c1ccc(C(=O)OCc2cccc(F)c2)cc1. The summed E-state index contributed by atoms with van der Waals surface area (Å²) < 4.78 is 23.5. The van der Waals surface area contributed by atoms with Crippen LogP contribution in [0.15, 0.2) is 48.5 Å². The Labute approximate surface area is 152 Å². The van der Waals surface area contributed by atoms with E-state index in [0.717, 1.165) is 25.7 Å². The summed E-state index contributed by atoms with van der Waals surface area (Å²) in [4.78, 5) is 24.0. The summed E-state index contributed by atoms with van der Waals surface area (Å²) in [5.74, 6) is -1.31. The Morgan fingerprint density at radius 2 is 1.54 bits per heavy atom. The summed E-state index contributed by atoms with van der Waals surface area (Å²) in [5.41, 5.74) is 1.28. The number of halogens is 1. The number of rotatable bonds is 9. The molecule has 0 radical (unpaired) electrons. The normalized spacial score (nSPS) is 10.4. The topological polar surface area (TPSA) is 52.6 Å². The molecule has 0 aliphatic carbocycles. The highest BCUT2D eigenvalue weighted by Crippen LogP contribution is 2.11. The average Bonchev–Trinajstić information content (AvgIpc) is 2.66. The number of ether oxygens (including phenoxy) is 2. The van der Waals surface area contributed by atoms with Gasteiger partial charge in [-0.25, -0.2) is 14.0 Å². The quantitative estimate of drug-likeness (QED) is 0.472. The van der Waals surface area contributed by atoms with Crippen LogP contribution < -0.4 is 0 Å². The Bertz CT molecular complexity index is 725. The van der Waals surface area contributed by atoms with E-state index in [0.29, 0.717) is 23.3 Å². The van der Waals surface area contributed by atoms with Crippen LogP contribution in [0.4, 0.5) is 4.39 Å². The van der Waals surface area contributed by atoms with Crippen LogP contribution in [0, 0.1) is 5.82 Å². The number of unbranched alkanes of at least 4 members (excludes halogenated alkanes) is 3. The van der Waals surface area contributed by atoms with E-state index >= 15 is 0 Å². The second kappa shape index (κ2) is 10.3. The number of carbonyl (C=O) groups excluding carboxylic acids is 2. The van der Waals surface area contributed by atoms with Crippen LogP contribution >= 0.6 is 0 Å². The third kappa shape index (κ3) is 6.31. The zero-order valence-electron chi connectivity index (χ0n) is 14.9. The van der Waals surface area contributed by atoms with Crippen LogP contribution in [-0.4, -0.2) is 18.5 Å². The largest absolute Gasteiger partial charge is 0.462 e. The van der Waals surface area contributed by atoms with Crippen molar-refractivity contribution in [2.75, 3.05) is 6.61 Å². The monoisotopic (exact) mass is 358 g/mol. The van der Waals surface area contributed by atoms with E-state index in [1.54, 1.807) is 12.1 Å². The van der Waals surface area contributed by atoms with Crippen LogP contribution in [0.5, 0.6) is 0 Å². The fraction of sp³-hybridized carbons (Fsp3) is 0.333. The molecule has 0 N–H and O–H groups in total. The molecule has 26 heavy (non-hydrogen) atoms. The Kier molecular flexibility index (Phi) is 7.80. The van der Waals surface area contributed by atoms with Gasteiger partial charge in [0.2, 0.25) is 0 Å². The van der Waals surface area contributed by atoms with Gasteiger partial charge >= 0.3 is 11.9 Å². The zero-order valence-corrected chi connectivity index (χ0v) is 14.9. The first-order chi connectivity index (χ1) is 12.6. The van der Waals surface area contributed by atoms with Crippen molar-refractivity contribution in [2.24, 2.45) is 0 Å². The van der Waals surface area contributed by atoms with Gasteiger partial charge in [0.25, 0.3) is 0 Å². The summed E-state index contributed by atoms with van der Waals surface area (Å²) in [7, 11) is 0. The third-order valence-electron chi connectivity index (χ3n) is 3.85. The molecule has 0 unspecified atom stereocenters. The van der Waals surface area contributed by atoms with Crippen LogP contribution in [-0.2, 0) is 16.1 Å². The molecule has 0 atom stereocenters. The van der Waals surface area contributed by atoms with Crippen molar-refractivity contribution in [3.05, 3.63) is 71.0 Å². The van der Waals surface area contributed by atoms with Gasteiger partial charge in [-0.1, -0.05) is 38.3 Å². The Morgan fingerprint density at radius 1 is 0.885 bits per heavy atom. The van der Waals surface area contributed by atoms with Crippen LogP contribution in [0.2, 0.25) is 0 Å². The summed E-state index contributed by atoms with van der Waals surface area (Å²) >= 11 is 0. The molecule has 2 aromatic carbocycles. The first-order valence-electron chi connectivity index (χ1n) is 8.79. The number of benzene rings is 2. The van der Waals surface area contributed by atoms with Gasteiger partial charge < -0.3 is 9.47 Å². The van der Waals surface area contributed by atoms with Crippen molar-refractivity contribution in [2.45, 2.75) is 39.2 Å². The smallest absolute Gasteiger partial charge is 0.338 e. The lowest BCUT2D eigenvalue weighted by Crippen LogP contribution is -2.08. The molecular formula is C21H23FO4. The molecule has 0 amide bonds. The second-order valence-corrected chi connectivity index (χ2v) is 5.98. The van der Waals surface area contributed by atoms with Crippen molar-refractivity contribution in [3.63, 3.8) is 0 Å². The molecule has 0 saturated carbocycles. The first kappa shape index (κ1) is 19.6. The molecule has 0 aromatic heterocycles. The molecule has 5 heteroatoms. The molecule has 0 bridgehead atoms. The van der Waals surface area contributed by atoms with Gasteiger partial charge in [-0.2, -0.15) is 0 Å². The Hall–Kier alpha value is -2.69. The summed E-state index contributed by atoms with van der Waals surface area (Å²) in [6.07, 6.45) is 4.15. The minimum atomic E-state index is -0.534. The van der Waals surface area contributed by atoms with Crippen molar-refractivity contribution in [1.29, 1.82) is 0 Å². The van der Waals surface area contributed by atoms with E-state index in [1.165, 1.54) is 36.4 Å². The second-order valence-electron chi connectivity index (χ2n) is 5.98. The summed E-state index contributed by atoms with van der Waals surface area (Å²) in [6.45, 7) is 2.51. The van der Waals surface area contributed by atoms with Crippen LogP contribution in [0.1, 0.15) is 58.9 Å². The first-order valence-corrected chi connectivity index (χ1v) is 8.79. The van der Waals surface area contributed by atoms with E-state index in [9.17, 15) is 14.0 Å². The maximum Gasteiger partial charge on any atom is 0.338 e. The Balaban J connectivity index is 1.82.